The maximum Gasteiger partial charge on any atom is 0.132 e. The van der Waals surface area contributed by atoms with Crippen LogP contribution in [0.1, 0.15) is 48.8 Å². The van der Waals surface area contributed by atoms with Crippen LogP contribution in [0.25, 0.3) is 87.6 Å². The second kappa shape index (κ2) is 18.8. The van der Waals surface area contributed by atoms with Gasteiger partial charge in [0.15, 0.2) is 0 Å². The van der Waals surface area contributed by atoms with Crippen molar-refractivity contribution in [1.82, 2.24) is 0 Å². The standard InChI is InChI=1S/C63H52N2O3/c66-35-15-16-41-29-32-55-47(36-41)38-49(63(68)61(55)59-51-25-11-8-22-45(51)31-34-54(59)43-19-5-2-6-20-43)40-65-57-28-14-13-27-56(57)64-39-48-37-46-23-9-12-26-52(46)60(62(48)67)58-50-24-10-7-21-44(50)30-33-53(58)42-17-3-1-4-18-42/h1-12,17-26,29-34,36-40,56-57,66-68H,13-16,27-28,35H2/t56-,57-/m1/s1. The van der Waals surface area contributed by atoms with Crippen molar-refractivity contribution < 1.29 is 15.3 Å². The number of fused-ring (bicyclic) bond motifs is 4. The molecule has 0 radical (unpaired) electrons. The Labute approximate surface area is 397 Å². The van der Waals surface area contributed by atoms with Crippen molar-refractivity contribution in [3.63, 3.8) is 0 Å². The number of rotatable bonds is 11. The minimum Gasteiger partial charge on any atom is -0.507 e. The molecule has 10 aromatic carbocycles. The maximum atomic E-state index is 12.6. The number of aliphatic hydroxyl groups excluding tert-OH is 1. The van der Waals surface area contributed by atoms with Crippen molar-refractivity contribution >= 4 is 55.5 Å². The molecule has 1 aliphatic rings. The van der Waals surface area contributed by atoms with E-state index >= 15 is 0 Å². The highest BCUT2D eigenvalue weighted by molar-refractivity contribution is 6.16. The number of aromatic hydroxyl groups is 2. The third-order valence-electron chi connectivity index (χ3n) is 13.9. The fourth-order valence-corrected chi connectivity index (χ4v) is 10.6. The molecule has 0 aliphatic heterocycles. The van der Waals surface area contributed by atoms with E-state index in [9.17, 15) is 15.3 Å². The molecule has 0 spiro atoms. The molecule has 5 nitrogen and oxygen atoms in total. The van der Waals surface area contributed by atoms with Gasteiger partial charge in [0.1, 0.15) is 11.5 Å². The predicted molar refractivity (Wildman–Crippen MR) is 285 cm³/mol. The van der Waals surface area contributed by atoms with Crippen LogP contribution < -0.4 is 0 Å². The van der Waals surface area contributed by atoms with Gasteiger partial charge in [0.05, 0.1) is 12.1 Å². The lowest BCUT2D eigenvalue weighted by Gasteiger charge is -2.26. The number of phenolic OH excluding ortho intramolecular Hbond substituents is 2. The van der Waals surface area contributed by atoms with E-state index in [-0.39, 0.29) is 30.2 Å². The highest BCUT2D eigenvalue weighted by Crippen LogP contribution is 2.48. The molecule has 1 saturated carbocycles. The van der Waals surface area contributed by atoms with E-state index in [1.807, 2.05) is 42.8 Å². The molecule has 0 unspecified atom stereocenters. The molecule has 10 aromatic rings. The average molecular weight is 885 g/mol. The molecule has 332 valence electrons. The van der Waals surface area contributed by atoms with Gasteiger partial charge >= 0.3 is 0 Å². The van der Waals surface area contributed by atoms with Gasteiger partial charge in [-0.3, -0.25) is 9.98 Å². The minimum atomic E-state index is -0.128. The molecule has 1 aliphatic carbocycles. The lowest BCUT2D eigenvalue weighted by molar-refractivity contribution is 0.288. The second-order valence-electron chi connectivity index (χ2n) is 18.1. The Bertz CT molecular complexity index is 3540. The van der Waals surface area contributed by atoms with Crippen molar-refractivity contribution in [1.29, 1.82) is 0 Å². The first kappa shape index (κ1) is 42.8. The van der Waals surface area contributed by atoms with Crippen molar-refractivity contribution in [3.05, 3.63) is 205 Å². The smallest absolute Gasteiger partial charge is 0.132 e. The molecule has 68 heavy (non-hydrogen) atoms. The first-order valence-corrected chi connectivity index (χ1v) is 23.9. The van der Waals surface area contributed by atoms with E-state index in [4.69, 9.17) is 9.98 Å². The van der Waals surface area contributed by atoms with Crippen LogP contribution in [-0.2, 0) is 6.42 Å². The van der Waals surface area contributed by atoms with E-state index in [1.54, 1.807) is 0 Å². The summed E-state index contributed by atoms with van der Waals surface area (Å²) >= 11 is 0. The van der Waals surface area contributed by atoms with Crippen LogP contribution in [-0.4, -0.2) is 46.4 Å². The van der Waals surface area contributed by atoms with Crippen LogP contribution in [0.5, 0.6) is 11.5 Å². The fraction of sp³-hybridized carbons (Fsp3) is 0.143. The summed E-state index contributed by atoms with van der Waals surface area (Å²) in [4.78, 5) is 10.6. The monoisotopic (exact) mass is 884 g/mol. The van der Waals surface area contributed by atoms with Crippen LogP contribution >= 0.6 is 0 Å². The SMILES string of the molecule is OCCCc1ccc2c(-c3c(-c4ccccc4)ccc4ccccc34)c(O)c(C=N[C@@H]3CCCC[C@H]3N=Cc3cc4ccccc4c(-c4c(-c5ccccc5)ccc5ccccc45)c3O)cc2c1. The molecule has 0 saturated heterocycles. The van der Waals surface area contributed by atoms with Crippen molar-refractivity contribution in [2.45, 2.75) is 50.6 Å². The Morgan fingerprint density at radius 3 is 1.38 bits per heavy atom. The van der Waals surface area contributed by atoms with Crippen molar-refractivity contribution in [3.8, 4) is 56.0 Å². The Morgan fingerprint density at radius 1 is 0.426 bits per heavy atom. The number of phenols is 2. The third kappa shape index (κ3) is 8.09. The van der Waals surface area contributed by atoms with Gasteiger partial charge in [0, 0.05) is 52.4 Å². The molecule has 0 aromatic heterocycles. The second-order valence-corrected chi connectivity index (χ2v) is 18.1. The highest BCUT2D eigenvalue weighted by atomic mass is 16.3. The van der Waals surface area contributed by atoms with Gasteiger partial charge in [0.25, 0.3) is 0 Å². The van der Waals surface area contributed by atoms with Gasteiger partial charge < -0.3 is 15.3 Å². The normalized spacial score (nSPS) is 15.4. The van der Waals surface area contributed by atoms with E-state index in [1.165, 1.54) is 0 Å². The minimum absolute atomic E-state index is 0.123. The van der Waals surface area contributed by atoms with Crippen LogP contribution in [0.15, 0.2) is 198 Å². The Balaban J connectivity index is 1.02. The first-order chi connectivity index (χ1) is 33.5. The number of benzene rings is 10. The summed E-state index contributed by atoms with van der Waals surface area (Å²) in [6.07, 6.45) is 8.93. The van der Waals surface area contributed by atoms with E-state index in [0.717, 1.165) is 125 Å². The van der Waals surface area contributed by atoms with Gasteiger partial charge in [-0.25, -0.2) is 0 Å². The molecule has 0 bridgehead atoms. The van der Waals surface area contributed by atoms with Gasteiger partial charge in [-0.15, -0.1) is 0 Å². The summed E-state index contributed by atoms with van der Waals surface area (Å²) in [5.74, 6) is 0.387. The zero-order chi connectivity index (χ0) is 46.0. The lowest BCUT2D eigenvalue weighted by Crippen LogP contribution is -2.27. The maximum absolute atomic E-state index is 12.6. The summed E-state index contributed by atoms with van der Waals surface area (Å²) < 4.78 is 0. The number of aliphatic imine (C=N–C) groups is 2. The number of nitrogens with zero attached hydrogens (tertiary/aromatic N) is 2. The number of hydrogen-bond donors (Lipinski definition) is 3. The predicted octanol–water partition coefficient (Wildman–Crippen LogP) is 15.2. The summed E-state index contributed by atoms with van der Waals surface area (Å²) in [7, 11) is 0. The summed E-state index contributed by atoms with van der Waals surface area (Å²) in [6.45, 7) is 0.124. The van der Waals surface area contributed by atoms with E-state index in [0.29, 0.717) is 17.5 Å². The Morgan fingerprint density at radius 2 is 0.868 bits per heavy atom. The molecule has 5 heteroatoms. The topological polar surface area (TPSA) is 85.4 Å². The lowest BCUT2D eigenvalue weighted by atomic mass is 9.85. The van der Waals surface area contributed by atoms with E-state index < -0.39 is 0 Å². The molecule has 0 amide bonds. The zero-order valence-corrected chi connectivity index (χ0v) is 37.9. The molecule has 11 rings (SSSR count). The Kier molecular flexibility index (Phi) is 11.8. The molecular formula is C63H52N2O3. The quantitative estimate of drug-likeness (QED) is 0.113. The molecule has 1 fully saturated rings. The first-order valence-electron chi connectivity index (χ1n) is 23.9. The third-order valence-corrected chi connectivity index (χ3v) is 13.9. The zero-order valence-electron chi connectivity index (χ0n) is 37.9. The van der Waals surface area contributed by atoms with E-state index in [2.05, 4.69) is 158 Å². The van der Waals surface area contributed by atoms with Crippen LogP contribution in [0, 0.1) is 0 Å². The Hall–Kier alpha value is -7.86. The van der Waals surface area contributed by atoms with Gasteiger partial charge in [-0.1, -0.05) is 189 Å². The average Bonchev–Trinajstić information content (AvgIpc) is 3.39. The number of aryl methyl sites for hydroxylation is 1. The summed E-state index contributed by atoms with van der Waals surface area (Å²) in [6, 6.07) is 64.8. The molecule has 2 atom stereocenters. The van der Waals surface area contributed by atoms with Crippen LogP contribution in [0.2, 0.25) is 0 Å². The highest BCUT2D eigenvalue weighted by Gasteiger charge is 2.26. The van der Waals surface area contributed by atoms with Gasteiger partial charge in [0.2, 0.25) is 0 Å². The summed E-state index contributed by atoms with van der Waals surface area (Å²) in [5, 5.41) is 43.1. The molecule has 0 heterocycles. The summed E-state index contributed by atoms with van der Waals surface area (Å²) in [5.41, 5.74) is 10.2. The number of aliphatic hydroxyl groups is 1. The molecular weight excluding hydrogens is 833 g/mol. The van der Waals surface area contributed by atoms with Crippen LogP contribution in [0.4, 0.5) is 0 Å². The fourth-order valence-electron chi connectivity index (χ4n) is 10.6. The molecule has 3 N–H and O–H groups in total. The van der Waals surface area contributed by atoms with Gasteiger partial charge in [-0.05, 0) is 109 Å². The van der Waals surface area contributed by atoms with Crippen molar-refractivity contribution in [2.75, 3.05) is 6.61 Å². The van der Waals surface area contributed by atoms with Gasteiger partial charge in [-0.2, -0.15) is 0 Å². The van der Waals surface area contributed by atoms with Crippen LogP contribution in [0.3, 0.4) is 0 Å². The number of hydrogen-bond acceptors (Lipinski definition) is 5. The largest absolute Gasteiger partial charge is 0.507 e. The van der Waals surface area contributed by atoms with Crippen molar-refractivity contribution in [2.24, 2.45) is 9.98 Å².